The molecule has 0 amide bonds. The van der Waals surface area contributed by atoms with E-state index in [1.807, 2.05) is 18.2 Å². The molecular formula is C17H23N3O. The summed E-state index contributed by atoms with van der Waals surface area (Å²) in [6.45, 7) is 7.13. The summed E-state index contributed by atoms with van der Waals surface area (Å²) in [5.41, 5.74) is 3.35. The molecule has 21 heavy (non-hydrogen) atoms. The standard InChI is InChI=1S/C17H23N3O/c1-5-14-12(3)17(18-6-2)20-16(19-14)11-13-9-7-8-10-15(13)21-4/h7-10H,5-6,11H2,1-4H3,(H,18,19,20). The Morgan fingerprint density at radius 1 is 1.14 bits per heavy atom. The van der Waals surface area contributed by atoms with Crippen LogP contribution in [0.25, 0.3) is 0 Å². The van der Waals surface area contributed by atoms with Crippen molar-refractivity contribution in [3.05, 3.63) is 46.9 Å². The molecule has 2 rings (SSSR count). The minimum atomic E-state index is 0.676. The average molecular weight is 285 g/mol. The second-order valence-electron chi connectivity index (χ2n) is 4.93. The molecule has 112 valence electrons. The number of nitrogens with zero attached hydrogens (tertiary/aromatic N) is 2. The minimum absolute atomic E-state index is 0.676. The summed E-state index contributed by atoms with van der Waals surface area (Å²) < 4.78 is 5.40. The molecule has 0 atom stereocenters. The zero-order chi connectivity index (χ0) is 15.2. The number of rotatable bonds is 6. The number of ether oxygens (including phenoxy) is 1. The predicted octanol–water partition coefficient (Wildman–Crippen LogP) is 3.38. The third-order valence-electron chi connectivity index (χ3n) is 3.51. The third kappa shape index (κ3) is 3.51. The lowest BCUT2D eigenvalue weighted by molar-refractivity contribution is 0.410. The van der Waals surface area contributed by atoms with Gasteiger partial charge in [-0.3, -0.25) is 0 Å². The van der Waals surface area contributed by atoms with Gasteiger partial charge in [0.25, 0.3) is 0 Å². The number of hydrogen-bond acceptors (Lipinski definition) is 4. The van der Waals surface area contributed by atoms with Crippen molar-refractivity contribution in [2.75, 3.05) is 19.0 Å². The fourth-order valence-electron chi connectivity index (χ4n) is 2.40. The van der Waals surface area contributed by atoms with Gasteiger partial charge in [0, 0.05) is 29.8 Å². The second kappa shape index (κ2) is 7.07. The maximum absolute atomic E-state index is 5.40. The van der Waals surface area contributed by atoms with Gasteiger partial charge in [-0.05, 0) is 26.3 Å². The number of nitrogens with one attached hydrogen (secondary N) is 1. The lowest BCUT2D eigenvalue weighted by Crippen LogP contribution is -2.10. The lowest BCUT2D eigenvalue weighted by atomic mass is 10.1. The Morgan fingerprint density at radius 3 is 2.57 bits per heavy atom. The van der Waals surface area contributed by atoms with E-state index in [1.165, 1.54) is 0 Å². The number of benzene rings is 1. The van der Waals surface area contributed by atoms with Gasteiger partial charge in [0.1, 0.15) is 17.4 Å². The average Bonchev–Trinajstić information content (AvgIpc) is 2.51. The summed E-state index contributed by atoms with van der Waals surface area (Å²) in [5, 5.41) is 3.32. The quantitative estimate of drug-likeness (QED) is 0.884. The van der Waals surface area contributed by atoms with E-state index >= 15 is 0 Å². The first-order valence-corrected chi connectivity index (χ1v) is 7.41. The molecule has 0 saturated heterocycles. The molecule has 0 aliphatic heterocycles. The maximum Gasteiger partial charge on any atom is 0.135 e. The van der Waals surface area contributed by atoms with Crippen LogP contribution >= 0.6 is 0 Å². The fourth-order valence-corrected chi connectivity index (χ4v) is 2.40. The van der Waals surface area contributed by atoms with Gasteiger partial charge in [-0.2, -0.15) is 0 Å². The topological polar surface area (TPSA) is 47.0 Å². The predicted molar refractivity (Wildman–Crippen MR) is 86.1 cm³/mol. The van der Waals surface area contributed by atoms with E-state index < -0.39 is 0 Å². The second-order valence-corrected chi connectivity index (χ2v) is 4.93. The van der Waals surface area contributed by atoms with Crippen LogP contribution in [0, 0.1) is 6.92 Å². The van der Waals surface area contributed by atoms with Crippen LogP contribution in [0.2, 0.25) is 0 Å². The smallest absolute Gasteiger partial charge is 0.135 e. The van der Waals surface area contributed by atoms with Crippen LogP contribution in [0.5, 0.6) is 5.75 Å². The molecule has 4 nitrogen and oxygen atoms in total. The molecule has 1 heterocycles. The van der Waals surface area contributed by atoms with Gasteiger partial charge in [0.15, 0.2) is 0 Å². The number of anilines is 1. The molecule has 1 N–H and O–H groups in total. The number of methoxy groups -OCH3 is 1. The van der Waals surface area contributed by atoms with Crippen molar-refractivity contribution in [1.82, 2.24) is 9.97 Å². The third-order valence-corrected chi connectivity index (χ3v) is 3.51. The first-order chi connectivity index (χ1) is 10.2. The summed E-state index contributed by atoms with van der Waals surface area (Å²) in [5.74, 6) is 2.65. The molecular weight excluding hydrogens is 262 g/mol. The summed E-state index contributed by atoms with van der Waals surface area (Å²) in [6.07, 6.45) is 1.58. The Hall–Kier alpha value is -2.10. The van der Waals surface area contributed by atoms with Crippen LogP contribution in [0.15, 0.2) is 24.3 Å². The Kier molecular flexibility index (Phi) is 5.14. The van der Waals surface area contributed by atoms with Crippen molar-refractivity contribution in [1.29, 1.82) is 0 Å². The molecule has 0 bridgehead atoms. The highest BCUT2D eigenvalue weighted by molar-refractivity contribution is 5.46. The monoisotopic (exact) mass is 285 g/mol. The summed E-state index contributed by atoms with van der Waals surface area (Å²) in [7, 11) is 1.69. The normalized spacial score (nSPS) is 10.5. The Morgan fingerprint density at radius 2 is 1.90 bits per heavy atom. The first kappa shape index (κ1) is 15.3. The summed E-state index contributed by atoms with van der Waals surface area (Å²) in [4.78, 5) is 9.36. The first-order valence-electron chi connectivity index (χ1n) is 7.41. The van der Waals surface area contributed by atoms with E-state index in [4.69, 9.17) is 9.72 Å². The van der Waals surface area contributed by atoms with Crippen LogP contribution in [0.3, 0.4) is 0 Å². The number of hydrogen-bond donors (Lipinski definition) is 1. The zero-order valence-corrected chi connectivity index (χ0v) is 13.2. The minimum Gasteiger partial charge on any atom is -0.496 e. The number of para-hydroxylation sites is 1. The van der Waals surface area contributed by atoms with Crippen LogP contribution in [-0.4, -0.2) is 23.6 Å². The molecule has 4 heteroatoms. The highest BCUT2D eigenvalue weighted by Crippen LogP contribution is 2.22. The van der Waals surface area contributed by atoms with Crippen molar-refractivity contribution in [2.45, 2.75) is 33.6 Å². The number of aromatic nitrogens is 2. The Bertz CT molecular complexity index is 611. The Labute approximate surface area is 126 Å². The molecule has 0 fully saturated rings. The van der Waals surface area contributed by atoms with E-state index in [2.05, 4.69) is 37.1 Å². The fraction of sp³-hybridized carbons (Fsp3) is 0.412. The summed E-state index contributed by atoms with van der Waals surface area (Å²) >= 11 is 0. The molecule has 0 radical (unpaired) electrons. The van der Waals surface area contributed by atoms with E-state index in [-0.39, 0.29) is 0 Å². The zero-order valence-electron chi connectivity index (χ0n) is 13.2. The van der Waals surface area contributed by atoms with Gasteiger partial charge in [0.05, 0.1) is 7.11 Å². The van der Waals surface area contributed by atoms with E-state index in [1.54, 1.807) is 7.11 Å². The van der Waals surface area contributed by atoms with Gasteiger partial charge in [-0.15, -0.1) is 0 Å². The molecule has 0 unspecified atom stereocenters. The van der Waals surface area contributed by atoms with Crippen molar-refractivity contribution in [3.8, 4) is 5.75 Å². The highest BCUT2D eigenvalue weighted by atomic mass is 16.5. The largest absolute Gasteiger partial charge is 0.496 e. The van der Waals surface area contributed by atoms with Crippen LogP contribution in [0.1, 0.15) is 36.5 Å². The molecule has 0 aliphatic rings. The maximum atomic E-state index is 5.40. The van der Waals surface area contributed by atoms with Gasteiger partial charge in [-0.1, -0.05) is 25.1 Å². The van der Waals surface area contributed by atoms with Crippen LogP contribution < -0.4 is 10.1 Å². The molecule has 0 saturated carbocycles. The van der Waals surface area contributed by atoms with E-state index in [9.17, 15) is 0 Å². The molecule has 1 aromatic carbocycles. The SMILES string of the molecule is CCNc1nc(Cc2ccccc2OC)nc(CC)c1C. The van der Waals surface area contributed by atoms with Crippen LogP contribution in [-0.2, 0) is 12.8 Å². The Balaban J connectivity index is 2.37. The van der Waals surface area contributed by atoms with E-state index in [0.717, 1.165) is 47.2 Å². The van der Waals surface area contributed by atoms with Crippen molar-refractivity contribution >= 4 is 5.82 Å². The van der Waals surface area contributed by atoms with E-state index in [0.29, 0.717) is 6.42 Å². The molecule has 0 aliphatic carbocycles. The highest BCUT2D eigenvalue weighted by Gasteiger charge is 2.11. The van der Waals surface area contributed by atoms with Gasteiger partial charge in [-0.25, -0.2) is 9.97 Å². The van der Waals surface area contributed by atoms with Crippen molar-refractivity contribution in [2.24, 2.45) is 0 Å². The molecule has 1 aromatic heterocycles. The van der Waals surface area contributed by atoms with Crippen molar-refractivity contribution < 1.29 is 4.74 Å². The number of aryl methyl sites for hydroxylation is 1. The van der Waals surface area contributed by atoms with Crippen molar-refractivity contribution in [3.63, 3.8) is 0 Å². The van der Waals surface area contributed by atoms with Gasteiger partial charge < -0.3 is 10.1 Å². The van der Waals surface area contributed by atoms with Crippen LogP contribution in [0.4, 0.5) is 5.82 Å². The van der Waals surface area contributed by atoms with Gasteiger partial charge in [0.2, 0.25) is 0 Å². The van der Waals surface area contributed by atoms with Gasteiger partial charge >= 0.3 is 0 Å². The summed E-state index contributed by atoms with van der Waals surface area (Å²) in [6, 6.07) is 8.01. The molecule has 2 aromatic rings. The lowest BCUT2D eigenvalue weighted by Gasteiger charge is -2.13. The molecule has 0 spiro atoms.